The highest BCUT2D eigenvalue weighted by atomic mass is 32.1. The van der Waals surface area contributed by atoms with Crippen molar-refractivity contribution in [3.05, 3.63) is 64.2 Å². The van der Waals surface area contributed by atoms with Gasteiger partial charge in [-0.15, -0.1) is 10.2 Å². The van der Waals surface area contributed by atoms with E-state index in [4.69, 9.17) is 0 Å². The highest BCUT2D eigenvalue weighted by Gasteiger charge is 2.27. The number of nitrogens with one attached hydrogen (secondary N) is 2. The number of carbonyl (C=O) groups is 2. The number of hydrogen-bond acceptors (Lipinski definition) is 6. The fourth-order valence-corrected chi connectivity index (χ4v) is 3.51. The number of aromatic nitrogens is 3. The molecule has 2 N–H and O–H groups in total. The summed E-state index contributed by atoms with van der Waals surface area (Å²) in [5.74, 6) is -1.22. The van der Waals surface area contributed by atoms with Gasteiger partial charge in [0.25, 0.3) is 11.8 Å². The normalized spacial score (nSPS) is 13.2. The Morgan fingerprint density at radius 1 is 1.11 bits per heavy atom. The van der Waals surface area contributed by atoms with Crippen molar-refractivity contribution in [1.29, 1.82) is 0 Å². The number of halogens is 1. The molecule has 2 aromatic heterocycles. The number of rotatable bonds is 5. The molecule has 1 aromatic carbocycles. The summed E-state index contributed by atoms with van der Waals surface area (Å²) in [6.45, 7) is 1.77. The Labute approximate surface area is 164 Å². The van der Waals surface area contributed by atoms with Gasteiger partial charge in [-0.05, 0) is 50.1 Å². The lowest BCUT2D eigenvalue weighted by Crippen LogP contribution is -2.16. The Morgan fingerprint density at radius 2 is 1.93 bits per heavy atom. The van der Waals surface area contributed by atoms with Crippen molar-refractivity contribution in [2.45, 2.75) is 25.7 Å². The molecule has 0 unspecified atom stereocenters. The predicted molar refractivity (Wildman–Crippen MR) is 103 cm³/mol. The minimum absolute atomic E-state index is 0.0654. The van der Waals surface area contributed by atoms with Crippen molar-refractivity contribution in [3.63, 3.8) is 0 Å². The van der Waals surface area contributed by atoms with Gasteiger partial charge < -0.3 is 5.32 Å². The van der Waals surface area contributed by atoms with Crippen LogP contribution in [-0.4, -0.2) is 27.0 Å². The molecule has 0 spiro atoms. The third-order valence-corrected chi connectivity index (χ3v) is 5.13. The number of pyridine rings is 1. The van der Waals surface area contributed by atoms with Crippen LogP contribution >= 0.6 is 11.3 Å². The van der Waals surface area contributed by atoms with Crippen molar-refractivity contribution < 1.29 is 14.0 Å². The van der Waals surface area contributed by atoms with E-state index in [1.54, 1.807) is 25.1 Å². The van der Waals surface area contributed by atoms with E-state index >= 15 is 0 Å². The SMILES string of the molecule is Cc1cccc(C(=O)Nc2cc(F)cc(C(=O)Nc3nnc(C4CC4)s3)c2)n1. The molecule has 0 bridgehead atoms. The first-order valence-corrected chi connectivity index (χ1v) is 9.50. The van der Waals surface area contributed by atoms with Crippen molar-refractivity contribution in [2.75, 3.05) is 10.6 Å². The molecule has 2 amide bonds. The molecular weight excluding hydrogens is 381 g/mol. The van der Waals surface area contributed by atoms with E-state index in [0.29, 0.717) is 16.7 Å². The second kappa shape index (κ2) is 7.43. The lowest BCUT2D eigenvalue weighted by molar-refractivity contribution is 0.101. The highest BCUT2D eigenvalue weighted by Crippen LogP contribution is 2.42. The lowest BCUT2D eigenvalue weighted by Gasteiger charge is -2.08. The quantitative estimate of drug-likeness (QED) is 0.683. The smallest absolute Gasteiger partial charge is 0.274 e. The van der Waals surface area contributed by atoms with E-state index in [-0.39, 0.29) is 16.9 Å². The predicted octanol–water partition coefficient (Wildman–Crippen LogP) is 3.76. The Morgan fingerprint density at radius 3 is 2.68 bits per heavy atom. The minimum Gasteiger partial charge on any atom is -0.321 e. The Bertz CT molecular complexity index is 1060. The minimum atomic E-state index is -0.643. The summed E-state index contributed by atoms with van der Waals surface area (Å²) in [5, 5.41) is 14.5. The molecule has 0 radical (unpaired) electrons. The Kier molecular flexibility index (Phi) is 4.82. The summed E-state index contributed by atoms with van der Waals surface area (Å²) < 4.78 is 14.0. The zero-order valence-corrected chi connectivity index (χ0v) is 15.7. The van der Waals surface area contributed by atoms with Crippen LogP contribution in [0, 0.1) is 12.7 Å². The van der Waals surface area contributed by atoms with Gasteiger partial charge in [0.1, 0.15) is 16.5 Å². The van der Waals surface area contributed by atoms with Gasteiger partial charge in [0.15, 0.2) is 0 Å². The van der Waals surface area contributed by atoms with Crippen LogP contribution in [0.15, 0.2) is 36.4 Å². The van der Waals surface area contributed by atoms with Crippen molar-refractivity contribution in [3.8, 4) is 0 Å². The maximum absolute atomic E-state index is 14.0. The van der Waals surface area contributed by atoms with Gasteiger partial charge in [-0.3, -0.25) is 14.9 Å². The lowest BCUT2D eigenvalue weighted by atomic mass is 10.1. The molecule has 7 nitrogen and oxygen atoms in total. The number of anilines is 2. The molecule has 0 saturated heterocycles. The van der Waals surface area contributed by atoms with Crippen LogP contribution < -0.4 is 10.6 Å². The summed E-state index contributed by atoms with van der Waals surface area (Å²) in [5.41, 5.74) is 1.12. The molecule has 142 valence electrons. The van der Waals surface area contributed by atoms with Gasteiger partial charge in [-0.25, -0.2) is 9.37 Å². The Balaban J connectivity index is 1.49. The van der Waals surface area contributed by atoms with Gasteiger partial charge in [-0.1, -0.05) is 17.4 Å². The maximum atomic E-state index is 14.0. The van der Waals surface area contributed by atoms with E-state index in [9.17, 15) is 14.0 Å². The van der Waals surface area contributed by atoms with Crippen LogP contribution in [0.1, 0.15) is 50.3 Å². The number of benzene rings is 1. The van der Waals surface area contributed by atoms with Gasteiger partial charge in [0.2, 0.25) is 5.13 Å². The zero-order chi connectivity index (χ0) is 19.7. The molecule has 1 aliphatic carbocycles. The fourth-order valence-electron chi connectivity index (χ4n) is 2.61. The third kappa shape index (κ3) is 4.20. The summed E-state index contributed by atoms with van der Waals surface area (Å²) in [7, 11) is 0. The molecule has 2 heterocycles. The summed E-state index contributed by atoms with van der Waals surface area (Å²) in [6, 6.07) is 8.67. The fraction of sp³-hybridized carbons (Fsp3) is 0.211. The highest BCUT2D eigenvalue weighted by molar-refractivity contribution is 7.15. The first-order chi connectivity index (χ1) is 13.5. The van der Waals surface area contributed by atoms with E-state index < -0.39 is 17.6 Å². The number of carbonyl (C=O) groups excluding carboxylic acids is 2. The third-order valence-electron chi connectivity index (χ3n) is 4.13. The largest absolute Gasteiger partial charge is 0.321 e. The number of aryl methyl sites for hydroxylation is 1. The van der Waals surface area contributed by atoms with Crippen molar-refractivity contribution in [1.82, 2.24) is 15.2 Å². The van der Waals surface area contributed by atoms with Gasteiger partial charge >= 0.3 is 0 Å². The van der Waals surface area contributed by atoms with Gasteiger partial charge in [0, 0.05) is 22.9 Å². The van der Waals surface area contributed by atoms with E-state index in [2.05, 4.69) is 25.8 Å². The summed E-state index contributed by atoms with van der Waals surface area (Å²) in [4.78, 5) is 28.9. The Hall–Kier alpha value is -3.20. The molecule has 1 fully saturated rings. The monoisotopic (exact) mass is 397 g/mol. The van der Waals surface area contributed by atoms with Crippen molar-refractivity contribution >= 4 is 34.0 Å². The van der Waals surface area contributed by atoms with Crippen LogP contribution in [0.25, 0.3) is 0 Å². The van der Waals surface area contributed by atoms with Gasteiger partial charge in [-0.2, -0.15) is 0 Å². The van der Waals surface area contributed by atoms with Crippen LogP contribution in [0.5, 0.6) is 0 Å². The van der Waals surface area contributed by atoms with Crippen LogP contribution in [0.3, 0.4) is 0 Å². The number of nitrogens with zero attached hydrogens (tertiary/aromatic N) is 3. The van der Waals surface area contributed by atoms with E-state index in [1.807, 2.05) is 0 Å². The van der Waals surface area contributed by atoms with E-state index in [1.165, 1.54) is 17.4 Å². The molecule has 0 aliphatic heterocycles. The maximum Gasteiger partial charge on any atom is 0.274 e. The topological polar surface area (TPSA) is 96.9 Å². The molecule has 0 atom stereocenters. The molecule has 9 heteroatoms. The summed E-state index contributed by atoms with van der Waals surface area (Å²) in [6.07, 6.45) is 2.18. The van der Waals surface area contributed by atoms with Crippen LogP contribution in [-0.2, 0) is 0 Å². The van der Waals surface area contributed by atoms with E-state index in [0.717, 1.165) is 30.0 Å². The molecule has 3 aromatic rings. The molecule has 1 saturated carbocycles. The number of hydrogen-bond donors (Lipinski definition) is 2. The second-order valence-corrected chi connectivity index (χ2v) is 7.53. The summed E-state index contributed by atoms with van der Waals surface area (Å²) >= 11 is 1.32. The first kappa shape index (κ1) is 18.2. The molecule has 28 heavy (non-hydrogen) atoms. The van der Waals surface area contributed by atoms with Gasteiger partial charge in [0.05, 0.1) is 0 Å². The van der Waals surface area contributed by atoms with Crippen LogP contribution in [0.4, 0.5) is 15.2 Å². The zero-order valence-electron chi connectivity index (χ0n) is 14.9. The standard InChI is InChI=1S/C19H16FN5O2S/c1-10-3-2-4-15(21-10)17(27)22-14-8-12(7-13(20)9-14)16(26)23-19-25-24-18(28-19)11-5-6-11/h2-4,7-9,11H,5-6H2,1H3,(H,22,27)(H,23,25,26). The average molecular weight is 397 g/mol. The molecule has 4 rings (SSSR count). The van der Waals surface area contributed by atoms with Crippen LogP contribution in [0.2, 0.25) is 0 Å². The van der Waals surface area contributed by atoms with Crippen molar-refractivity contribution in [2.24, 2.45) is 0 Å². The first-order valence-electron chi connectivity index (χ1n) is 8.68. The molecular formula is C19H16FN5O2S. The average Bonchev–Trinajstić information content (AvgIpc) is 3.41. The number of amides is 2. The second-order valence-electron chi connectivity index (χ2n) is 6.52. The molecule has 1 aliphatic rings.